The third-order valence-corrected chi connectivity index (χ3v) is 5.15. The lowest BCUT2D eigenvalue weighted by Crippen LogP contribution is -2.47. The first-order valence-electron chi connectivity index (χ1n) is 9.95. The Balaban J connectivity index is 1.44. The first-order chi connectivity index (χ1) is 13.9. The quantitative estimate of drug-likeness (QED) is 0.584. The second kappa shape index (κ2) is 9.37. The summed E-state index contributed by atoms with van der Waals surface area (Å²) in [5.41, 5.74) is 9.72. The molecule has 6 nitrogen and oxygen atoms in total. The number of rotatable bonds is 6. The minimum absolute atomic E-state index is 0.0268. The Kier molecular flexibility index (Phi) is 6.65. The zero-order valence-electron chi connectivity index (χ0n) is 17.0. The molecule has 0 bridgehead atoms. The van der Waals surface area contributed by atoms with Crippen LogP contribution in [0.3, 0.4) is 0 Å². The van der Waals surface area contributed by atoms with Gasteiger partial charge in [-0.2, -0.15) is 0 Å². The van der Waals surface area contributed by atoms with E-state index in [4.69, 9.17) is 0 Å². The maximum absolute atomic E-state index is 12.4. The number of nitrogens with one attached hydrogen (secondary N) is 2. The average Bonchev–Trinajstić information content (AvgIpc) is 2.72. The fourth-order valence-electron chi connectivity index (χ4n) is 3.59. The van der Waals surface area contributed by atoms with Crippen LogP contribution < -0.4 is 15.8 Å². The molecule has 6 heteroatoms. The molecule has 0 atom stereocenters. The largest absolute Gasteiger partial charge is 0.362 e. The Hall–Kier alpha value is -3.15. The zero-order valence-corrected chi connectivity index (χ0v) is 17.0. The standard InChI is InChI=1S/C23H27N3O3/c1-16-9-10-17(2)19(14-16)21(27)11-12-22(28)24-25-23(29)15-26-13-5-7-18-6-3-4-8-20(18)26/h3-4,6,8-10,14H,5,7,11-13,15H2,1-2H3,(H,24,28)(H,25,29). The first kappa shape index (κ1) is 20.6. The number of hydrogen-bond acceptors (Lipinski definition) is 4. The van der Waals surface area contributed by atoms with Gasteiger partial charge >= 0.3 is 0 Å². The van der Waals surface area contributed by atoms with E-state index < -0.39 is 0 Å². The molecule has 0 unspecified atom stereocenters. The summed E-state index contributed by atoms with van der Waals surface area (Å²) in [6.45, 7) is 4.80. The molecule has 2 aromatic rings. The van der Waals surface area contributed by atoms with E-state index in [-0.39, 0.29) is 37.0 Å². The van der Waals surface area contributed by atoms with Crippen molar-refractivity contribution in [2.45, 2.75) is 39.5 Å². The number of fused-ring (bicyclic) bond motifs is 1. The van der Waals surface area contributed by atoms with Gasteiger partial charge in [0.15, 0.2) is 5.78 Å². The number of nitrogens with zero attached hydrogens (tertiary/aromatic N) is 1. The fraction of sp³-hybridized carbons (Fsp3) is 0.348. The number of hydrazine groups is 1. The number of aryl methyl sites for hydroxylation is 3. The normalized spacial score (nSPS) is 12.8. The lowest BCUT2D eigenvalue weighted by atomic mass is 9.99. The maximum Gasteiger partial charge on any atom is 0.257 e. The van der Waals surface area contributed by atoms with Crippen LogP contribution in [0, 0.1) is 13.8 Å². The average molecular weight is 393 g/mol. The number of anilines is 1. The van der Waals surface area contributed by atoms with Gasteiger partial charge in [-0.25, -0.2) is 0 Å². The smallest absolute Gasteiger partial charge is 0.257 e. The molecule has 1 aliphatic heterocycles. The van der Waals surface area contributed by atoms with Crippen LogP contribution in [0.1, 0.15) is 46.3 Å². The monoisotopic (exact) mass is 393 g/mol. The molecule has 152 valence electrons. The molecule has 0 fully saturated rings. The molecule has 2 N–H and O–H groups in total. The van der Waals surface area contributed by atoms with Crippen LogP contribution in [-0.2, 0) is 16.0 Å². The third kappa shape index (κ3) is 5.44. The lowest BCUT2D eigenvalue weighted by molar-refractivity contribution is -0.128. The van der Waals surface area contributed by atoms with Crippen molar-refractivity contribution in [2.75, 3.05) is 18.0 Å². The summed E-state index contributed by atoms with van der Waals surface area (Å²) in [6.07, 6.45) is 2.14. The molecule has 3 rings (SSSR count). The molecule has 0 spiro atoms. The molecular weight excluding hydrogens is 366 g/mol. The predicted molar refractivity (Wildman–Crippen MR) is 113 cm³/mol. The number of Topliss-reactive ketones (excluding diaryl/α,β-unsaturated/α-hetero) is 1. The SMILES string of the molecule is Cc1ccc(C)c(C(=O)CCC(=O)NNC(=O)CN2CCCc3ccccc32)c1. The molecular formula is C23H27N3O3. The first-order valence-corrected chi connectivity index (χ1v) is 9.95. The molecule has 0 radical (unpaired) electrons. The van der Waals surface area contributed by atoms with Gasteiger partial charge < -0.3 is 4.90 Å². The van der Waals surface area contributed by atoms with Crippen molar-refractivity contribution in [3.63, 3.8) is 0 Å². The third-order valence-electron chi connectivity index (χ3n) is 5.15. The second-order valence-electron chi connectivity index (χ2n) is 7.49. The Morgan fingerprint density at radius 3 is 2.55 bits per heavy atom. The Morgan fingerprint density at radius 2 is 1.72 bits per heavy atom. The summed E-state index contributed by atoms with van der Waals surface area (Å²) in [5, 5.41) is 0. The van der Waals surface area contributed by atoms with Crippen molar-refractivity contribution in [3.05, 3.63) is 64.7 Å². The highest BCUT2D eigenvalue weighted by atomic mass is 16.2. The van der Waals surface area contributed by atoms with Gasteiger partial charge in [-0.15, -0.1) is 0 Å². The van der Waals surface area contributed by atoms with Crippen LogP contribution in [0.15, 0.2) is 42.5 Å². The summed E-state index contributed by atoms with van der Waals surface area (Å²) in [4.78, 5) is 38.7. The molecule has 0 aromatic heterocycles. The number of para-hydroxylation sites is 1. The number of hydrogen-bond donors (Lipinski definition) is 2. The van der Waals surface area contributed by atoms with E-state index >= 15 is 0 Å². The molecule has 1 heterocycles. The molecule has 2 aromatic carbocycles. The van der Waals surface area contributed by atoms with Crippen LogP contribution in [0.2, 0.25) is 0 Å². The van der Waals surface area contributed by atoms with E-state index in [1.807, 2.05) is 55.1 Å². The summed E-state index contributed by atoms with van der Waals surface area (Å²) in [6, 6.07) is 13.8. The summed E-state index contributed by atoms with van der Waals surface area (Å²) in [7, 11) is 0. The van der Waals surface area contributed by atoms with Gasteiger partial charge in [0, 0.05) is 30.6 Å². The van der Waals surface area contributed by atoms with Crippen LogP contribution in [-0.4, -0.2) is 30.7 Å². The Bertz CT molecular complexity index is 923. The molecule has 2 amide bonds. The van der Waals surface area contributed by atoms with E-state index in [2.05, 4.69) is 16.9 Å². The van der Waals surface area contributed by atoms with Crippen molar-refractivity contribution in [3.8, 4) is 0 Å². The van der Waals surface area contributed by atoms with E-state index in [0.29, 0.717) is 5.56 Å². The van der Waals surface area contributed by atoms with Crippen molar-refractivity contribution >= 4 is 23.3 Å². The minimum atomic E-state index is -0.379. The van der Waals surface area contributed by atoms with Crippen molar-refractivity contribution < 1.29 is 14.4 Å². The van der Waals surface area contributed by atoms with Crippen LogP contribution >= 0.6 is 0 Å². The fourth-order valence-corrected chi connectivity index (χ4v) is 3.59. The van der Waals surface area contributed by atoms with Gasteiger partial charge in [-0.1, -0.05) is 35.9 Å². The van der Waals surface area contributed by atoms with E-state index in [9.17, 15) is 14.4 Å². The molecule has 1 aliphatic rings. The van der Waals surface area contributed by atoms with Gasteiger partial charge in [0.2, 0.25) is 5.91 Å². The maximum atomic E-state index is 12.4. The van der Waals surface area contributed by atoms with Crippen LogP contribution in [0.4, 0.5) is 5.69 Å². The van der Waals surface area contributed by atoms with Crippen LogP contribution in [0.25, 0.3) is 0 Å². The molecule has 0 saturated heterocycles. The number of benzene rings is 2. The minimum Gasteiger partial charge on any atom is -0.362 e. The van der Waals surface area contributed by atoms with E-state index in [1.54, 1.807) is 0 Å². The summed E-state index contributed by atoms with van der Waals surface area (Å²) in [5.74, 6) is -0.732. The molecule has 0 aliphatic carbocycles. The van der Waals surface area contributed by atoms with Gasteiger partial charge in [0.05, 0.1) is 6.54 Å². The Morgan fingerprint density at radius 1 is 0.966 bits per heavy atom. The van der Waals surface area contributed by atoms with Gasteiger partial charge in [0.1, 0.15) is 0 Å². The highest BCUT2D eigenvalue weighted by molar-refractivity contribution is 5.99. The van der Waals surface area contributed by atoms with E-state index in [0.717, 1.165) is 36.2 Å². The van der Waals surface area contributed by atoms with Gasteiger partial charge in [0.25, 0.3) is 5.91 Å². The number of carbonyl (C=O) groups excluding carboxylic acids is 3. The van der Waals surface area contributed by atoms with Crippen molar-refractivity contribution in [1.29, 1.82) is 0 Å². The predicted octanol–water partition coefficient (Wildman–Crippen LogP) is 2.87. The lowest BCUT2D eigenvalue weighted by Gasteiger charge is -2.30. The Labute approximate surface area is 171 Å². The van der Waals surface area contributed by atoms with Gasteiger partial charge in [-0.05, 0) is 49.9 Å². The molecule has 29 heavy (non-hydrogen) atoms. The van der Waals surface area contributed by atoms with Gasteiger partial charge in [-0.3, -0.25) is 25.2 Å². The summed E-state index contributed by atoms with van der Waals surface area (Å²) >= 11 is 0. The number of carbonyl (C=O) groups is 3. The van der Waals surface area contributed by atoms with Crippen molar-refractivity contribution in [1.82, 2.24) is 10.9 Å². The highest BCUT2D eigenvalue weighted by Crippen LogP contribution is 2.26. The highest BCUT2D eigenvalue weighted by Gasteiger charge is 2.19. The number of amides is 2. The number of ketones is 1. The topological polar surface area (TPSA) is 78.5 Å². The van der Waals surface area contributed by atoms with E-state index in [1.165, 1.54) is 5.56 Å². The molecule has 0 saturated carbocycles. The zero-order chi connectivity index (χ0) is 20.8. The summed E-state index contributed by atoms with van der Waals surface area (Å²) < 4.78 is 0. The van der Waals surface area contributed by atoms with Crippen molar-refractivity contribution in [2.24, 2.45) is 0 Å². The second-order valence-corrected chi connectivity index (χ2v) is 7.49. The van der Waals surface area contributed by atoms with Crippen LogP contribution in [0.5, 0.6) is 0 Å².